The van der Waals surface area contributed by atoms with E-state index in [1.807, 2.05) is 0 Å². The highest BCUT2D eigenvalue weighted by molar-refractivity contribution is 6.30. The van der Waals surface area contributed by atoms with Crippen molar-refractivity contribution in [2.45, 2.75) is 12.3 Å². The van der Waals surface area contributed by atoms with E-state index in [2.05, 4.69) is 4.98 Å². The number of benzene rings is 1. The Morgan fingerprint density at radius 1 is 1.25 bits per heavy atom. The molecule has 2 aromatic heterocycles. The molecule has 28 heavy (non-hydrogen) atoms. The number of carbonyl (C=O) groups is 1. The zero-order chi connectivity index (χ0) is 20.4. The maximum Gasteiger partial charge on any atom is 0.306 e. The van der Waals surface area contributed by atoms with Crippen LogP contribution in [0.1, 0.15) is 23.5 Å². The Morgan fingerprint density at radius 3 is 2.68 bits per heavy atom. The van der Waals surface area contributed by atoms with E-state index in [0.717, 1.165) is 0 Å². The first kappa shape index (κ1) is 19.5. The van der Waals surface area contributed by atoms with Crippen LogP contribution in [0.5, 0.6) is 17.4 Å². The van der Waals surface area contributed by atoms with Crippen molar-refractivity contribution in [1.82, 2.24) is 9.38 Å². The van der Waals surface area contributed by atoms with Crippen LogP contribution >= 0.6 is 11.6 Å². The summed E-state index contributed by atoms with van der Waals surface area (Å²) in [6.45, 7) is 0. The van der Waals surface area contributed by atoms with E-state index in [1.165, 1.54) is 49.1 Å². The van der Waals surface area contributed by atoms with Crippen LogP contribution < -0.4 is 10.3 Å². The topological polar surface area (TPSA) is 110 Å². The molecule has 0 bridgehead atoms. The molecule has 146 valence electrons. The normalized spacial score (nSPS) is 12.0. The predicted octanol–water partition coefficient (Wildman–Crippen LogP) is 2.46. The van der Waals surface area contributed by atoms with E-state index in [9.17, 15) is 19.8 Å². The van der Waals surface area contributed by atoms with Crippen LogP contribution in [-0.4, -0.2) is 39.8 Å². The molecule has 2 N–H and O–H groups in total. The SMILES string of the molecule is COC(=O)C[C@H](c1ccc(O)c(OC)c1)c1c(O)nc2ccc(Cl)cn2c1=O. The van der Waals surface area contributed by atoms with Gasteiger partial charge < -0.3 is 19.7 Å². The Bertz CT molecular complexity index is 1110. The Balaban J connectivity index is 2.26. The quantitative estimate of drug-likeness (QED) is 0.628. The number of rotatable bonds is 5. The number of fused-ring (bicyclic) bond motifs is 1. The van der Waals surface area contributed by atoms with Gasteiger partial charge in [0, 0.05) is 12.1 Å². The molecule has 0 aliphatic heterocycles. The number of halogens is 1. The van der Waals surface area contributed by atoms with Crippen molar-refractivity contribution in [3.63, 3.8) is 0 Å². The summed E-state index contributed by atoms with van der Waals surface area (Å²) in [5.74, 6) is -1.94. The van der Waals surface area contributed by atoms with Crippen LogP contribution in [0.15, 0.2) is 41.3 Å². The second-order valence-electron chi connectivity index (χ2n) is 5.99. The molecule has 0 spiro atoms. The van der Waals surface area contributed by atoms with E-state index < -0.39 is 23.3 Å². The van der Waals surface area contributed by atoms with Gasteiger partial charge in [-0.3, -0.25) is 14.0 Å². The third kappa shape index (κ3) is 3.59. The first-order valence-corrected chi connectivity index (χ1v) is 8.58. The lowest BCUT2D eigenvalue weighted by molar-refractivity contribution is -0.140. The summed E-state index contributed by atoms with van der Waals surface area (Å²) in [6.07, 6.45) is 1.14. The molecule has 0 aliphatic rings. The summed E-state index contributed by atoms with van der Waals surface area (Å²) in [6, 6.07) is 7.41. The Kier molecular flexibility index (Phi) is 5.41. The van der Waals surface area contributed by atoms with Crippen LogP contribution in [0.3, 0.4) is 0 Å². The second-order valence-corrected chi connectivity index (χ2v) is 6.43. The highest BCUT2D eigenvalue weighted by Gasteiger charge is 2.27. The molecule has 0 aliphatic carbocycles. The van der Waals surface area contributed by atoms with E-state index in [1.54, 1.807) is 6.07 Å². The van der Waals surface area contributed by atoms with E-state index in [4.69, 9.17) is 21.1 Å². The molecule has 0 unspecified atom stereocenters. The summed E-state index contributed by atoms with van der Waals surface area (Å²) in [4.78, 5) is 29.1. The highest BCUT2D eigenvalue weighted by Crippen LogP contribution is 2.36. The van der Waals surface area contributed by atoms with Gasteiger partial charge >= 0.3 is 5.97 Å². The van der Waals surface area contributed by atoms with Gasteiger partial charge in [0.05, 0.1) is 31.2 Å². The molecule has 3 aromatic rings. The summed E-state index contributed by atoms with van der Waals surface area (Å²) in [7, 11) is 2.60. The number of methoxy groups -OCH3 is 2. The van der Waals surface area contributed by atoms with E-state index in [0.29, 0.717) is 10.6 Å². The van der Waals surface area contributed by atoms with Crippen molar-refractivity contribution in [3.8, 4) is 17.4 Å². The highest BCUT2D eigenvalue weighted by atomic mass is 35.5. The molecular formula is C19H17ClN2O6. The minimum absolute atomic E-state index is 0.0992. The monoisotopic (exact) mass is 404 g/mol. The first-order chi connectivity index (χ1) is 13.3. The number of phenolic OH excluding ortho intramolecular Hbond substituents is 1. The molecule has 1 atom stereocenters. The standard InChI is InChI=1S/C19H17ClN2O6/c1-27-14-7-10(3-5-13(14)23)12(8-16(24)28-2)17-18(25)21-15-6-4-11(20)9-22(15)19(17)26/h3-7,9,12,23,25H,8H2,1-2H3/t12-/m1/s1. The molecule has 9 heteroatoms. The smallest absolute Gasteiger partial charge is 0.306 e. The zero-order valence-electron chi connectivity index (χ0n) is 15.0. The number of nitrogens with zero attached hydrogens (tertiary/aromatic N) is 2. The number of aromatic hydroxyl groups is 2. The number of hydrogen-bond acceptors (Lipinski definition) is 7. The largest absolute Gasteiger partial charge is 0.504 e. The predicted molar refractivity (Wildman–Crippen MR) is 101 cm³/mol. The molecule has 0 saturated heterocycles. The lowest BCUT2D eigenvalue weighted by atomic mass is 9.89. The van der Waals surface area contributed by atoms with Crippen LogP contribution in [0.2, 0.25) is 5.02 Å². The third-order valence-corrected chi connectivity index (χ3v) is 4.58. The maximum absolute atomic E-state index is 13.1. The number of phenols is 1. The average Bonchev–Trinajstić information content (AvgIpc) is 2.68. The van der Waals surface area contributed by atoms with Gasteiger partial charge in [0.15, 0.2) is 11.5 Å². The van der Waals surface area contributed by atoms with Crippen molar-refractivity contribution in [1.29, 1.82) is 0 Å². The van der Waals surface area contributed by atoms with Gasteiger partial charge in [-0.05, 0) is 29.8 Å². The van der Waals surface area contributed by atoms with Crippen molar-refractivity contribution in [3.05, 3.63) is 63.0 Å². The fourth-order valence-corrected chi connectivity index (χ4v) is 3.13. The molecule has 3 rings (SSSR count). The number of pyridine rings is 1. The number of aromatic nitrogens is 2. The van der Waals surface area contributed by atoms with Gasteiger partial charge in [-0.25, -0.2) is 0 Å². The van der Waals surface area contributed by atoms with Crippen LogP contribution in [0.25, 0.3) is 5.65 Å². The molecule has 8 nitrogen and oxygen atoms in total. The molecule has 0 radical (unpaired) electrons. The van der Waals surface area contributed by atoms with Gasteiger partial charge in [0.25, 0.3) is 5.56 Å². The number of esters is 1. The maximum atomic E-state index is 13.1. The Labute approximate surface area is 164 Å². The number of carbonyl (C=O) groups excluding carboxylic acids is 1. The molecule has 2 heterocycles. The fraction of sp³-hybridized carbons (Fsp3) is 0.211. The van der Waals surface area contributed by atoms with Crippen LogP contribution in [0, 0.1) is 0 Å². The van der Waals surface area contributed by atoms with Crippen LogP contribution in [-0.2, 0) is 9.53 Å². The summed E-state index contributed by atoms with van der Waals surface area (Å²) in [5.41, 5.74) is -0.0177. The van der Waals surface area contributed by atoms with Gasteiger partial charge in [-0.15, -0.1) is 0 Å². The van der Waals surface area contributed by atoms with Crippen molar-refractivity contribution in [2.75, 3.05) is 14.2 Å². The van der Waals surface area contributed by atoms with Gasteiger partial charge in [-0.1, -0.05) is 17.7 Å². The first-order valence-electron chi connectivity index (χ1n) is 8.20. The lowest BCUT2D eigenvalue weighted by Crippen LogP contribution is -2.24. The van der Waals surface area contributed by atoms with Gasteiger partial charge in [-0.2, -0.15) is 4.98 Å². The molecule has 1 aromatic carbocycles. The minimum Gasteiger partial charge on any atom is -0.504 e. The van der Waals surface area contributed by atoms with E-state index >= 15 is 0 Å². The van der Waals surface area contributed by atoms with Crippen molar-refractivity contribution < 1.29 is 24.5 Å². The molecular weight excluding hydrogens is 388 g/mol. The summed E-state index contributed by atoms with van der Waals surface area (Å²) < 4.78 is 11.0. The average molecular weight is 405 g/mol. The lowest BCUT2D eigenvalue weighted by Gasteiger charge is -2.18. The fourth-order valence-electron chi connectivity index (χ4n) is 2.97. The van der Waals surface area contributed by atoms with Gasteiger partial charge in [0.2, 0.25) is 5.88 Å². The van der Waals surface area contributed by atoms with Crippen molar-refractivity contribution in [2.24, 2.45) is 0 Å². The second kappa shape index (κ2) is 7.77. The van der Waals surface area contributed by atoms with Crippen molar-refractivity contribution >= 4 is 23.2 Å². The van der Waals surface area contributed by atoms with Gasteiger partial charge in [0.1, 0.15) is 5.65 Å². The Morgan fingerprint density at radius 2 is 2.00 bits per heavy atom. The van der Waals surface area contributed by atoms with E-state index in [-0.39, 0.29) is 29.1 Å². The Hall–Kier alpha value is -3.26. The molecule has 0 saturated carbocycles. The zero-order valence-corrected chi connectivity index (χ0v) is 15.8. The van der Waals surface area contributed by atoms with Crippen LogP contribution in [0.4, 0.5) is 0 Å². The number of ether oxygens (including phenoxy) is 2. The number of hydrogen-bond donors (Lipinski definition) is 2. The summed E-state index contributed by atoms with van der Waals surface area (Å²) >= 11 is 5.97. The minimum atomic E-state index is -0.891. The summed E-state index contributed by atoms with van der Waals surface area (Å²) in [5, 5.41) is 20.6. The third-order valence-electron chi connectivity index (χ3n) is 4.35. The molecule has 0 amide bonds. The molecule has 0 fully saturated rings.